The van der Waals surface area contributed by atoms with E-state index in [0.717, 1.165) is 50.9 Å². The second kappa shape index (κ2) is 23.7. The Labute approximate surface area is 343 Å². The normalized spacial score (nSPS) is 18.2. The van der Waals surface area contributed by atoms with Gasteiger partial charge < -0.3 is 40.8 Å². The molecule has 6 N–H and O–H groups in total. The topological polar surface area (TPSA) is 187 Å². The minimum Gasteiger partial charge on any atom is -0.444 e. The van der Waals surface area contributed by atoms with Crippen LogP contribution < -0.4 is 21.3 Å². The fourth-order valence-electron chi connectivity index (χ4n) is 7.27. The molecule has 4 rings (SSSR count). The third kappa shape index (κ3) is 17.4. The number of aromatic nitrogens is 2. The van der Waals surface area contributed by atoms with E-state index in [-0.39, 0.29) is 35.7 Å². The number of aromatic amines is 1. The van der Waals surface area contributed by atoms with Crippen LogP contribution in [-0.2, 0) is 36.7 Å². The lowest BCUT2D eigenvalue weighted by molar-refractivity contribution is -0.130. The van der Waals surface area contributed by atoms with E-state index in [4.69, 9.17) is 9.47 Å². The highest BCUT2D eigenvalue weighted by molar-refractivity contribution is 8.00. The zero-order valence-corrected chi connectivity index (χ0v) is 35.4. The first-order chi connectivity index (χ1) is 27.3. The van der Waals surface area contributed by atoms with Gasteiger partial charge in [-0.05, 0) is 51.0 Å². The molecule has 5 atom stereocenters. The van der Waals surface area contributed by atoms with E-state index < -0.39 is 47.7 Å². The van der Waals surface area contributed by atoms with E-state index in [2.05, 4.69) is 50.0 Å². The molecule has 2 aliphatic rings. The second-order valence-corrected chi connectivity index (χ2v) is 18.1. The number of ether oxygens (including phenoxy) is 2. The molecule has 15 heteroatoms. The van der Waals surface area contributed by atoms with Crippen molar-refractivity contribution in [1.29, 1.82) is 0 Å². The molecular weight excluding hydrogens is 747 g/mol. The van der Waals surface area contributed by atoms with E-state index in [9.17, 15) is 24.3 Å². The van der Waals surface area contributed by atoms with E-state index >= 15 is 0 Å². The lowest BCUT2D eigenvalue weighted by Crippen LogP contribution is -2.58. The first-order valence-corrected chi connectivity index (χ1v) is 21.8. The Kier molecular flexibility index (Phi) is 19.1. The van der Waals surface area contributed by atoms with E-state index in [0.29, 0.717) is 44.2 Å². The number of nitrogens with zero attached hydrogens (tertiary/aromatic N) is 2. The highest BCUT2D eigenvalue weighted by Crippen LogP contribution is 2.29. The molecule has 1 saturated heterocycles. The third-order valence-corrected chi connectivity index (χ3v) is 11.6. The summed E-state index contributed by atoms with van der Waals surface area (Å²) in [4.78, 5) is 64.1. The fourth-order valence-corrected chi connectivity index (χ4v) is 8.69. The van der Waals surface area contributed by atoms with Crippen molar-refractivity contribution < 1.29 is 33.8 Å². The molecular formula is C42H67N7O7S. The summed E-state index contributed by atoms with van der Waals surface area (Å²) in [6, 6.07) is 6.59. The molecule has 1 aromatic carbocycles. The number of aliphatic hydroxyl groups is 1. The molecule has 14 nitrogen and oxygen atoms in total. The van der Waals surface area contributed by atoms with Crippen molar-refractivity contribution in [3.05, 3.63) is 54.1 Å². The minimum absolute atomic E-state index is 0.0468. The van der Waals surface area contributed by atoms with Crippen LogP contribution in [0, 0.1) is 11.8 Å². The summed E-state index contributed by atoms with van der Waals surface area (Å²) >= 11 is 1.42. The molecule has 1 saturated carbocycles. The highest BCUT2D eigenvalue weighted by atomic mass is 32.2. The molecule has 1 aliphatic carbocycles. The van der Waals surface area contributed by atoms with Gasteiger partial charge in [-0.3, -0.25) is 19.3 Å². The van der Waals surface area contributed by atoms with Gasteiger partial charge in [0.1, 0.15) is 17.7 Å². The van der Waals surface area contributed by atoms with Crippen molar-refractivity contribution in [3.63, 3.8) is 0 Å². The Morgan fingerprint density at radius 1 is 0.965 bits per heavy atom. The number of alkyl carbamates (subject to hydrolysis) is 1. The molecule has 57 heavy (non-hydrogen) atoms. The van der Waals surface area contributed by atoms with Gasteiger partial charge in [0.2, 0.25) is 17.7 Å². The van der Waals surface area contributed by atoms with Gasteiger partial charge in [-0.15, -0.1) is 11.8 Å². The highest BCUT2D eigenvalue weighted by Gasteiger charge is 2.33. The van der Waals surface area contributed by atoms with Crippen molar-refractivity contribution in [2.45, 2.75) is 127 Å². The van der Waals surface area contributed by atoms with Crippen LogP contribution in [0.4, 0.5) is 4.79 Å². The van der Waals surface area contributed by atoms with Gasteiger partial charge in [-0.2, -0.15) is 0 Å². The number of benzene rings is 1. The minimum atomic E-state index is -1.06. The van der Waals surface area contributed by atoms with Gasteiger partial charge in [-0.1, -0.05) is 76.3 Å². The number of imidazole rings is 1. The number of morpholine rings is 1. The van der Waals surface area contributed by atoms with E-state index in [1.165, 1.54) is 24.5 Å². The number of amides is 4. The zero-order valence-electron chi connectivity index (χ0n) is 34.6. The van der Waals surface area contributed by atoms with Crippen LogP contribution in [0.1, 0.15) is 90.8 Å². The number of carbonyl (C=O) groups excluding carboxylic acids is 4. The second-order valence-electron chi connectivity index (χ2n) is 16.8. The SMILES string of the molecule is CC(C)C[C@H](SC[C@H](O)[C@H](CC1CCCCC1)NC(=O)[C@H](Cc1cnc[nH]1)NC(=O)[C@H](Cc1ccccc1)NC(=O)OC(C)(C)C)C(=O)NCCN1CCOCC1. The number of nitrogens with one attached hydrogen (secondary N) is 5. The summed E-state index contributed by atoms with van der Waals surface area (Å²) in [5, 5.41) is 23.3. The molecule has 0 bridgehead atoms. The van der Waals surface area contributed by atoms with E-state index in [1.807, 2.05) is 30.3 Å². The van der Waals surface area contributed by atoms with Gasteiger partial charge >= 0.3 is 6.09 Å². The molecule has 2 aromatic rings. The maximum absolute atomic E-state index is 14.3. The molecule has 2 fully saturated rings. The van der Waals surface area contributed by atoms with Crippen LogP contribution in [0.2, 0.25) is 0 Å². The standard InChI is InChI=1S/C42H67N7O7S/c1-29(2)22-37(40(53)44-16-17-49-18-20-55-21-19-49)57-27-36(50)33(23-30-12-8-6-9-13-30)46-39(52)35(25-32-26-43-28-45-32)47-38(51)34(24-31-14-10-7-11-15-31)48-41(54)56-42(3,4)5/h7,10-11,14-15,26,28-30,33-37,50H,6,8-9,12-13,16-25,27H2,1-5H3,(H,43,45)(H,44,53)(H,46,52)(H,47,51)(H,48,54)/t33-,34-,35-,36-,37-/m0/s1. The summed E-state index contributed by atoms with van der Waals surface area (Å²) in [7, 11) is 0. The summed E-state index contributed by atoms with van der Waals surface area (Å²) in [5.74, 6) is -0.215. The number of thioether (sulfide) groups is 1. The van der Waals surface area contributed by atoms with E-state index in [1.54, 1.807) is 27.0 Å². The van der Waals surface area contributed by atoms with Gasteiger partial charge in [0, 0.05) is 56.7 Å². The Hall–Kier alpha value is -3.66. The first kappa shape index (κ1) is 46.0. The number of hydrogen-bond donors (Lipinski definition) is 6. The lowest BCUT2D eigenvalue weighted by atomic mass is 9.83. The Bertz CT molecular complexity index is 1500. The molecule has 0 radical (unpaired) electrons. The van der Waals surface area contributed by atoms with Gasteiger partial charge in [-0.25, -0.2) is 9.78 Å². The van der Waals surface area contributed by atoms with Crippen LogP contribution in [0.25, 0.3) is 0 Å². The number of carbonyl (C=O) groups is 4. The van der Waals surface area contributed by atoms with Crippen LogP contribution in [0.15, 0.2) is 42.9 Å². The van der Waals surface area contributed by atoms with Gasteiger partial charge in [0.25, 0.3) is 0 Å². The molecule has 4 amide bonds. The van der Waals surface area contributed by atoms with Crippen LogP contribution in [-0.4, -0.2) is 124 Å². The van der Waals surface area contributed by atoms with Crippen molar-refractivity contribution >= 4 is 35.6 Å². The maximum atomic E-state index is 14.3. The first-order valence-electron chi connectivity index (χ1n) is 20.7. The Morgan fingerprint density at radius 3 is 2.30 bits per heavy atom. The average Bonchev–Trinajstić information content (AvgIpc) is 3.69. The largest absolute Gasteiger partial charge is 0.444 e. The number of H-pyrrole nitrogens is 1. The Balaban J connectivity index is 1.48. The predicted molar refractivity (Wildman–Crippen MR) is 223 cm³/mol. The molecule has 1 aromatic heterocycles. The summed E-state index contributed by atoms with van der Waals surface area (Å²) in [6.45, 7) is 13.8. The third-order valence-electron chi connectivity index (χ3n) is 10.3. The van der Waals surface area contributed by atoms with Crippen LogP contribution in [0.3, 0.4) is 0 Å². The van der Waals surface area contributed by atoms with Crippen molar-refractivity contribution in [2.24, 2.45) is 11.8 Å². The van der Waals surface area contributed by atoms with Crippen molar-refractivity contribution in [1.82, 2.24) is 36.1 Å². The van der Waals surface area contributed by atoms with Crippen LogP contribution >= 0.6 is 11.8 Å². The monoisotopic (exact) mass is 813 g/mol. The maximum Gasteiger partial charge on any atom is 0.408 e. The molecule has 0 unspecified atom stereocenters. The zero-order chi connectivity index (χ0) is 41.2. The summed E-state index contributed by atoms with van der Waals surface area (Å²) in [6.07, 6.45) is 8.31. The average molecular weight is 814 g/mol. The van der Waals surface area contributed by atoms with Gasteiger partial charge in [0.15, 0.2) is 0 Å². The van der Waals surface area contributed by atoms with Gasteiger partial charge in [0.05, 0.1) is 36.9 Å². The number of aliphatic hydroxyl groups excluding tert-OH is 1. The van der Waals surface area contributed by atoms with Crippen molar-refractivity contribution in [2.75, 3.05) is 45.1 Å². The summed E-state index contributed by atoms with van der Waals surface area (Å²) < 4.78 is 10.9. The fraction of sp³-hybridized carbons (Fsp3) is 0.690. The Morgan fingerprint density at radius 2 is 1.65 bits per heavy atom. The number of rotatable bonds is 21. The molecule has 2 heterocycles. The molecule has 1 aliphatic heterocycles. The lowest BCUT2D eigenvalue weighted by Gasteiger charge is -2.32. The smallest absolute Gasteiger partial charge is 0.408 e. The molecule has 318 valence electrons. The van der Waals surface area contributed by atoms with Crippen molar-refractivity contribution in [3.8, 4) is 0 Å². The predicted octanol–water partition coefficient (Wildman–Crippen LogP) is 3.99. The number of hydrogen-bond acceptors (Lipinski definition) is 10. The quantitative estimate of drug-likeness (QED) is 0.108. The summed E-state index contributed by atoms with van der Waals surface area (Å²) in [5.41, 5.74) is 0.666. The molecule has 0 spiro atoms. The van der Waals surface area contributed by atoms with Crippen LogP contribution in [0.5, 0.6) is 0 Å².